The highest BCUT2D eigenvalue weighted by Gasteiger charge is 2.64. The Balaban J connectivity index is 1.31. The van der Waals surface area contributed by atoms with Crippen LogP contribution in [0, 0.1) is 17.8 Å². The standard InChI is InChI=1S/C48H59F3N6O10S/c1-8-29-22-28(2)14-12-13-17-31-25-47(31,43(61)54-68(64,65)46(5)20-21-46)53-39(58)36-24-33(27-56(36)42(60)38(29)57(44(62)63)45(3,4)48(49,50)51)67-40-34-19-18-32(66-7)23-35(34)37(26-52-40)55(6)41(59)30-15-10-9-11-16-30/h9-11,13,15-19,23,26,28-29,31,33,36,38H,8,12,14,20-22,24-25,27H2,1-7H3,(H,53,58)(H,54,61)(H,62,63)/b17-13-/t28-,29-,31-,33-,36+,38+,47-/m1/s1. The van der Waals surface area contributed by atoms with Crippen LogP contribution in [-0.4, -0.2) is 119 Å². The summed E-state index contributed by atoms with van der Waals surface area (Å²) in [5.74, 6) is -4.67. The minimum atomic E-state index is -5.13. The SMILES string of the molecule is CC[C@@H]1C[C@H](C)CC/C=C\[C@@H]2C[C@@]2(C(=O)NS(=O)(=O)C2(C)CC2)NC(=O)[C@@H]2C[C@@H](Oc3ncc(N(C)C(=O)c4ccccc4)c4cc(OC)ccc34)CN2C(=O)[C@H]1N(C(=O)O)C(C)(C)C(F)(F)F. The minimum absolute atomic E-state index is 0.0109. The molecule has 20 heteroatoms. The van der Waals surface area contributed by atoms with Gasteiger partial charge in [-0.1, -0.05) is 50.6 Å². The van der Waals surface area contributed by atoms with Gasteiger partial charge in [-0.15, -0.1) is 0 Å². The number of carbonyl (C=O) groups excluding carboxylic acids is 4. The van der Waals surface area contributed by atoms with E-state index >= 15 is 4.79 Å². The molecule has 2 aliphatic heterocycles. The second-order valence-electron chi connectivity index (χ2n) is 19.4. The molecule has 7 rings (SSSR count). The van der Waals surface area contributed by atoms with E-state index < -0.39 is 92.4 Å². The fourth-order valence-corrected chi connectivity index (χ4v) is 10.8. The van der Waals surface area contributed by atoms with Crippen molar-refractivity contribution in [2.24, 2.45) is 17.8 Å². The molecule has 4 aliphatic rings. The zero-order chi connectivity index (χ0) is 49.7. The lowest BCUT2D eigenvalue weighted by Gasteiger charge is -2.46. The largest absolute Gasteiger partial charge is 0.497 e. The highest BCUT2D eigenvalue weighted by atomic mass is 32.2. The average Bonchev–Trinajstić information content (AvgIpc) is 4.17. The Kier molecular flexibility index (Phi) is 13.6. The minimum Gasteiger partial charge on any atom is -0.497 e. The number of carboxylic acid groups (broad SMARTS) is 1. The summed E-state index contributed by atoms with van der Waals surface area (Å²) < 4.78 is 84.6. The van der Waals surface area contributed by atoms with E-state index in [0.29, 0.717) is 67.3 Å². The van der Waals surface area contributed by atoms with Gasteiger partial charge in [-0.2, -0.15) is 13.2 Å². The Labute approximate surface area is 393 Å². The zero-order valence-electron chi connectivity index (χ0n) is 39.1. The Bertz CT molecular complexity index is 2610. The first kappa shape index (κ1) is 50.0. The number of amides is 5. The maximum absolute atomic E-state index is 15.4. The van der Waals surface area contributed by atoms with E-state index in [9.17, 15) is 45.9 Å². The Morgan fingerprint density at radius 3 is 2.37 bits per heavy atom. The van der Waals surface area contributed by atoms with Gasteiger partial charge in [0, 0.05) is 35.7 Å². The van der Waals surface area contributed by atoms with Crippen molar-refractivity contribution in [3.8, 4) is 11.6 Å². The Morgan fingerprint density at radius 2 is 1.75 bits per heavy atom. The molecule has 1 aromatic heterocycles. The molecule has 368 valence electrons. The number of fused-ring (bicyclic) bond motifs is 3. The van der Waals surface area contributed by atoms with E-state index in [1.54, 1.807) is 74.7 Å². The van der Waals surface area contributed by atoms with Crippen molar-refractivity contribution in [3.05, 3.63) is 72.4 Å². The number of benzene rings is 2. The van der Waals surface area contributed by atoms with Crippen molar-refractivity contribution < 1.29 is 60.1 Å². The second kappa shape index (κ2) is 18.5. The number of alkyl halides is 3. The molecule has 16 nitrogen and oxygen atoms in total. The summed E-state index contributed by atoms with van der Waals surface area (Å²) in [5.41, 5.74) is -4.05. The fourth-order valence-electron chi connectivity index (χ4n) is 9.48. The average molecular weight is 969 g/mol. The van der Waals surface area contributed by atoms with E-state index in [1.165, 1.54) is 25.1 Å². The predicted molar refractivity (Wildman–Crippen MR) is 245 cm³/mol. The first-order chi connectivity index (χ1) is 31.9. The van der Waals surface area contributed by atoms with Crippen molar-refractivity contribution >= 4 is 56.2 Å². The maximum atomic E-state index is 15.4. The molecule has 3 aromatic rings. The third-order valence-electron chi connectivity index (χ3n) is 14.4. The number of nitrogens with one attached hydrogen (secondary N) is 2. The molecule has 0 unspecified atom stereocenters. The van der Waals surface area contributed by atoms with Gasteiger partial charge >= 0.3 is 12.3 Å². The summed E-state index contributed by atoms with van der Waals surface area (Å²) in [7, 11) is -1.12. The normalized spacial score (nSPS) is 26.8. The van der Waals surface area contributed by atoms with E-state index in [0.717, 1.165) is 4.90 Å². The number of aromatic nitrogens is 1. The van der Waals surface area contributed by atoms with Crippen LogP contribution in [-0.2, 0) is 24.4 Å². The second-order valence-corrected chi connectivity index (χ2v) is 21.6. The predicted octanol–water partition coefficient (Wildman–Crippen LogP) is 6.83. The molecule has 5 amide bonds. The van der Waals surface area contributed by atoms with Gasteiger partial charge in [0.15, 0.2) is 0 Å². The van der Waals surface area contributed by atoms with Crippen LogP contribution < -0.4 is 24.4 Å². The molecule has 2 aliphatic carbocycles. The number of carbonyl (C=O) groups is 5. The van der Waals surface area contributed by atoms with E-state index in [-0.39, 0.29) is 48.3 Å². The van der Waals surface area contributed by atoms with Gasteiger partial charge in [0.25, 0.3) is 11.8 Å². The van der Waals surface area contributed by atoms with Gasteiger partial charge in [-0.3, -0.25) is 28.8 Å². The molecule has 1 saturated heterocycles. The number of sulfonamides is 1. The van der Waals surface area contributed by atoms with Crippen LogP contribution in [0.25, 0.3) is 10.8 Å². The van der Waals surface area contributed by atoms with Crippen LogP contribution in [0.4, 0.5) is 23.7 Å². The van der Waals surface area contributed by atoms with Gasteiger partial charge in [-0.05, 0) is 101 Å². The lowest BCUT2D eigenvalue weighted by atomic mass is 9.82. The summed E-state index contributed by atoms with van der Waals surface area (Å²) in [6.07, 6.45) is -1.70. The van der Waals surface area contributed by atoms with Crippen LogP contribution in [0.5, 0.6) is 11.6 Å². The molecule has 0 bridgehead atoms. The van der Waals surface area contributed by atoms with Crippen molar-refractivity contribution in [2.75, 3.05) is 25.6 Å². The van der Waals surface area contributed by atoms with Gasteiger partial charge in [0.2, 0.25) is 27.7 Å². The lowest BCUT2D eigenvalue weighted by molar-refractivity contribution is -0.222. The van der Waals surface area contributed by atoms with Crippen LogP contribution >= 0.6 is 0 Å². The summed E-state index contributed by atoms with van der Waals surface area (Å²) in [5, 5.41) is 14.3. The van der Waals surface area contributed by atoms with E-state index in [4.69, 9.17) is 9.47 Å². The summed E-state index contributed by atoms with van der Waals surface area (Å²) in [6.45, 7) is 5.98. The van der Waals surface area contributed by atoms with Crippen LogP contribution in [0.2, 0.25) is 0 Å². The van der Waals surface area contributed by atoms with Crippen LogP contribution in [0.1, 0.15) is 96.3 Å². The Morgan fingerprint density at radius 1 is 1.06 bits per heavy atom. The molecule has 0 radical (unpaired) electrons. The Hall–Kier alpha value is -5.92. The highest BCUT2D eigenvalue weighted by molar-refractivity contribution is 7.91. The number of nitrogens with zero attached hydrogens (tertiary/aromatic N) is 4. The number of methoxy groups -OCH3 is 1. The van der Waals surface area contributed by atoms with Crippen molar-refractivity contribution in [3.63, 3.8) is 0 Å². The maximum Gasteiger partial charge on any atom is 0.411 e. The molecule has 2 saturated carbocycles. The highest BCUT2D eigenvalue weighted by Crippen LogP contribution is 2.48. The van der Waals surface area contributed by atoms with Gasteiger partial charge < -0.3 is 29.7 Å². The van der Waals surface area contributed by atoms with E-state index in [1.807, 2.05) is 6.92 Å². The third kappa shape index (κ3) is 9.44. The number of anilines is 1. The van der Waals surface area contributed by atoms with Crippen LogP contribution in [0.3, 0.4) is 0 Å². The molecule has 7 atom stereocenters. The number of hydrogen-bond acceptors (Lipinski definition) is 10. The van der Waals surface area contributed by atoms with Gasteiger partial charge in [-0.25, -0.2) is 18.2 Å². The summed E-state index contributed by atoms with van der Waals surface area (Å²) in [4.78, 5) is 78.3. The summed E-state index contributed by atoms with van der Waals surface area (Å²) >= 11 is 0. The van der Waals surface area contributed by atoms with Crippen molar-refractivity contribution in [1.82, 2.24) is 24.8 Å². The van der Waals surface area contributed by atoms with Crippen molar-refractivity contribution in [2.45, 2.75) is 126 Å². The molecule has 3 N–H and O–H groups in total. The molecular formula is C48H59F3N6O10S. The first-order valence-electron chi connectivity index (χ1n) is 22.8. The molecule has 3 heterocycles. The topological polar surface area (TPSA) is 205 Å². The number of ether oxygens (including phenoxy) is 2. The van der Waals surface area contributed by atoms with Crippen molar-refractivity contribution in [1.29, 1.82) is 0 Å². The monoisotopic (exact) mass is 968 g/mol. The number of rotatable bonds is 11. The number of hydrogen-bond donors (Lipinski definition) is 3. The smallest absolute Gasteiger partial charge is 0.411 e. The van der Waals surface area contributed by atoms with Gasteiger partial charge in [0.05, 0.1) is 30.3 Å². The van der Waals surface area contributed by atoms with E-state index in [2.05, 4.69) is 15.0 Å². The molecule has 0 spiro atoms. The number of pyridine rings is 1. The molecular weight excluding hydrogens is 910 g/mol. The third-order valence-corrected chi connectivity index (χ3v) is 16.5. The van der Waals surface area contributed by atoms with Crippen LogP contribution in [0.15, 0.2) is 66.9 Å². The molecule has 2 aromatic carbocycles. The summed E-state index contributed by atoms with van der Waals surface area (Å²) in [6, 6.07) is 10.1. The zero-order valence-corrected chi connectivity index (χ0v) is 39.9. The lowest BCUT2D eigenvalue weighted by Crippen LogP contribution is -2.66. The number of allylic oxidation sites excluding steroid dienone is 1. The molecule has 68 heavy (non-hydrogen) atoms. The number of halogens is 3. The first-order valence-corrected chi connectivity index (χ1v) is 24.3. The fraction of sp³-hybridized carbons (Fsp3) is 0.542. The van der Waals surface area contributed by atoms with Gasteiger partial charge in [0.1, 0.15) is 35.0 Å². The molecule has 3 fully saturated rings. The quantitative estimate of drug-likeness (QED) is 0.170.